The smallest absolute Gasteiger partial charge is 0.0386 e. The Balaban J connectivity index is 2.12. The van der Waals surface area contributed by atoms with Gasteiger partial charge in [-0.15, -0.1) is 0 Å². The van der Waals surface area contributed by atoms with Gasteiger partial charge in [0.1, 0.15) is 0 Å². The molecule has 1 aliphatic carbocycles. The van der Waals surface area contributed by atoms with Gasteiger partial charge in [0.05, 0.1) is 0 Å². The molecule has 0 heteroatoms. The standard InChI is InChI=1S/C13H26/c1-3-5-6-9-12(8-4-2)13-10-7-11-13/h12-13H,3-11H2,1-2H3. The molecule has 1 aliphatic rings. The first kappa shape index (κ1) is 11.1. The molecule has 0 radical (unpaired) electrons. The normalized spacial score (nSPS) is 19.8. The van der Waals surface area contributed by atoms with Gasteiger partial charge in [0.25, 0.3) is 0 Å². The van der Waals surface area contributed by atoms with E-state index >= 15 is 0 Å². The third-order valence-electron chi connectivity index (χ3n) is 3.65. The molecule has 1 fully saturated rings. The van der Waals surface area contributed by atoms with E-state index in [0.29, 0.717) is 0 Å². The molecule has 0 aromatic rings. The fourth-order valence-corrected chi connectivity index (χ4v) is 2.55. The summed E-state index contributed by atoms with van der Waals surface area (Å²) in [7, 11) is 0. The predicted octanol–water partition coefficient (Wildman–Crippen LogP) is 4.78. The van der Waals surface area contributed by atoms with Crippen LogP contribution in [-0.4, -0.2) is 0 Å². The predicted molar refractivity (Wildman–Crippen MR) is 59.9 cm³/mol. The minimum Gasteiger partial charge on any atom is -0.0654 e. The maximum atomic E-state index is 2.34. The van der Waals surface area contributed by atoms with Gasteiger partial charge in [0, 0.05) is 0 Å². The Morgan fingerprint density at radius 2 is 1.77 bits per heavy atom. The van der Waals surface area contributed by atoms with Crippen LogP contribution in [0.15, 0.2) is 0 Å². The first-order valence-corrected chi connectivity index (χ1v) is 6.38. The Bertz CT molecular complexity index is 113. The average Bonchev–Trinajstić information content (AvgIpc) is 2.02. The molecule has 0 saturated heterocycles. The fraction of sp³-hybridized carbons (Fsp3) is 1.00. The van der Waals surface area contributed by atoms with E-state index in [2.05, 4.69) is 13.8 Å². The lowest BCUT2D eigenvalue weighted by Crippen LogP contribution is -2.21. The molecule has 13 heavy (non-hydrogen) atoms. The SMILES string of the molecule is CCCCCC(CCC)C1CCC1. The summed E-state index contributed by atoms with van der Waals surface area (Å²) in [5.74, 6) is 2.21. The van der Waals surface area contributed by atoms with Crippen LogP contribution in [0.3, 0.4) is 0 Å². The van der Waals surface area contributed by atoms with Crippen LogP contribution < -0.4 is 0 Å². The highest BCUT2D eigenvalue weighted by Gasteiger charge is 2.25. The highest BCUT2D eigenvalue weighted by atomic mass is 14.3. The Kier molecular flexibility index (Phi) is 5.50. The van der Waals surface area contributed by atoms with Crippen molar-refractivity contribution in [3.8, 4) is 0 Å². The summed E-state index contributed by atoms with van der Waals surface area (Å²) in [6.07, 6.45) is 13.3. The van der Waals surface area contributed by atoms with Crippen LogP contribution in [0.5, 0.6) is 0 Å². The van der Waals surface area contributed by atoms with E-state index in [0.717, 1.165) is 11.8 Å². The maximum Gasteiger partial charge on any atom is -0.0386 e. The van der Waals surface area contributed by atoms with E-state index in [4.69, 9.17) is 0 Å². The largest absolute Gasteiger partial charge is 0.0654 e. The summed E-state index contributed by atoms with van der Waals surface area (Å²) in [5.41, 5.74) is 0. The Labute approximate surface area is 84.1 Å². The maximum absolute atomic E-state index is 2.34. The molecular formula is C13H26. The van der Waals surface area contributed by atoms with Gasteiger partial charge in [-0.1, -0.05) is 71.6 Å². The molecule has 0 spiro atoms. The summed E-state index contributed by atoms with van der Waals surface area (Å²) in [4.78, 5) is 0. The lowest BCUT2D eigenvalue weighted by Gasteiger charge is -2.34. The lowest BCUT2D eigenvalue weighted by molar-refractivity contribution is 0.181. The molecule has 0 N–H and O–H groups in total. The summed E-state index contributed by atoms with van der Waals surface area (Å²) >= 11 is 0. The van der Waals surface area contributed by atoms with Crippen LogP contribution >= 0.6 is 0 Å². The second-order valence-corrected chi connectivity index (χ2v) is 4.74. The zero-order valence-electron chi connectivity index (χ0n) is 9.52. The van der Waals surface area contributed by atoms with E-state index in [-0.39, 0.29) is 0 Å². The molecule has 1 unspecified atom stereocenters. The van der Waals surface area contributed by atoms with Crippen molar-refractivity contribution in [3.05, 3.63) is 0 Å². The van der Waals surface area contributed by atoms with Crippen molar-refractivity contribution < 1.29 is 0 Å². The third kappa shape index (κ3) is 3.70. The summed E-state index contributed by atoms with van der Waals surface area (Å²) in [5, 5.41) is 0. The Morgan fingerprint density at radius 1 is 1.00 bits per heavy atom. The van der Waals surface area contributed by atoms with Crippen molar-refractivity contribution in [1.82, 2.24) is 0 Å². The number of rotatable bonds is 7. The van der Waals surface area contributed by atoms with E-state index < -0.39 is 0 Å². The van der Waals surface area contributed by atoms with E-state index in [1.807, 2.05) is 0 Å². The minimum atomic E-state index is 1.09. The fourth-order valence-electron chi connectivity index (χ4n) is 2.55. The van der Waals surface area contributed by atoms with Crippen molar-refractivity contribution in [2.24, 2.45) is 11.8 Å². The van der Waals surface area contributed by atoms with Crippen molar-refractivity contribution in [3.63, 3.8) is 0 Å². The van der Waals surface area contributed by atoms with E-state index in [9.17, 15) is 0 Å². The van der Waals surface area contributed by atoms with Crippen LogP contribution in [0, 0.1) is 11.8 Å². The monoisotopic (exact) mass is 182 g/mol. The first-order chi connectivity index (χ1) is 6.38. The van der Waals surface area contributed by atoms with Crippen molar-refractivity contribution >= 4 is 0 Å². The topological polar surface area (TPSA) is 0 Å². The van der Waals surface area contributed by atoms with Gasteiger partial charge in [-0.3, -0.25) is 0 Å². The molecule has 0 aromatic heterocycles. The number of hydrogen-bond donors (Lipinski definition) is 0. The molecule has 0 amide bonds. The van der Waals surface area contributed by atoms with Gasteiger partial charge < -0.3 is 0 Å². The molecule has 1 rings (SSSR count). The zero-order valence-corrected chi connectivity index (χ0v) is 9.52. The van der Waals surface area contributed by atoms with E-state index in [1.54, 1.807) is 0 Å². The molecule has 0 aromatic carbocycles. The van der Waals surface area contributed by atoms with Crippen LogP contribution in [0.4, 0.5) is 0 Å². The molecule has 0 bridgehead atoms. The summed E-state index contributed by atoms with van der Waals surface area (Å²) in [6.45, 7) is 4.64. The van der Waals surface area contributed by atoms with Crippen molar-refractivity contribution in [2.45, 2.75) is 71.6 Å². The van der Waals surface area contributed by atoms with Gasteiger partial charge in [0.2, 0.25) is 0 Å². The van der Waals surface area contributed by atoms with Gasteiger partial charge >= 0.3 is 0 Å². The first-order valence-electron chi connectivity index (χ1n) is 6.38. The van der Waals surface area contributed by atoms with Crippen molar-refractivity contribution in [2.75, 3.05) is 0 Å². The molecular weight excluding hydrogens is 156 g/mol. The lowest BCUT2D eigenvalue weighted by atomic mass is 9.72. The molecule has 1 saturated carbocycles. The van der Waals surface area contributed by atoms with Gasteiger partial charge in [-0.05, 0) is 11.8 Å². The van der Waals surface area contributed by atoms with Gasteiger partial charge in [0.15, 0.2) is 0 Å². The Hall–Kier alpha value is 0. The minimum absolute atomic E-state index is 1.09. The summed E-state index contributed by atoms with van der Waals surface area (Å²) in [6, 6.07) is 0. The highest BCUT2D eigenvalue weighted by molar-refractivity contribution is 4.77. The van der Waals surface area contributed by atoms with Gasteiger partial charge in [-0.2, -0.15) is 0 Å². The third-order valence-corrected chi connectivity index (χ3v) is 3.65. The molecule has 0 aliphatic heterocycles. The second-order valence-electron chi connectivity index (χ2n) is 4.74. The highest BCUT2D eigenvalue weighted by Crippen LogP contribution is 2.38. The van der Waals surface area contributed by atoms with Gasteiger partial charge in [-0.25, -0.2) is 0 Å². The molecule has 0 heterocycles. The average molecular weight is 182 g/mol. The second kappa shape index (κ2) is 6.45. The zero-order chi connectivity index (χ0) is 9.52. The molecule has 78 valence electrons. The number of unbranched alkanes of at least 4 members (excludes halogenated alkanes) is 2. The number of hydrogen-bond acceptors (Lipinski definition) is 0. The quantitative estimate of drug-likeness (QED) is 0.497. The van der Waals surface area contributed by atoms with E-state index in [1.165, 1.54) is 57.8 Å². The summed E-state index contributed by atoms with van der Waals surface area (Å²) < 4.78 is 0. The molecule has 0 nitrogen and oxygen atoms in total. The van der Waals surface area contributed by atoms with Crippen LogP contribution in [0.25, 0.3) is 0 Å². The van der Waals surface area contributed by atoms with Crippen LogP contribution in [0.1, 0.15) is 71.6 Å². The Morgan fingerprint density at radius 3 is 2.23 bits per heavy atom. The molecule has 1 atom stereocenters. The van der Waals surface area contributed by atoms with Crippen LogP contribution in [0.2, 0.25) is 0 Å². The van der Waals surface area contributed by atoms with Crippen LogP contribution in [-0.2, 0) is 0 Å². The van der Waals surface area contributed by atoms with Crippen molar-refractivity contribution in [1.29, 1.82) is 0 Å².